The second kappa shape index (κ2) is 15.4. The molecule has 18 heteroatoms. The number of aryl methyl sites for hydroxylation is 1. The van der Waals surface area contributed by atoms with Gasteiger partial charge in [-0.05, 0) is 36.6 Å². The van der Waals surface area contributed by atoms with Gasteiger partial charge in [-0.1, -0.05) is 11.5 Å². The van der Waals surface area contributed by atoms with E-state index in [0.717, 1.165) is 24.8 Å². The highest BCUT2D eigenvalue weighted by molar-refractivity contribution is 5.99. The summed E-state index contributed by atoms with van der Waals surface area (Å²) in [6, 6.07) is 5.60. The Morgan fingerprint density at radius 1 is 0.980 bits per heavy atom. The van der Waals surface area contributed by atoms with Crippen molar-refractivity contribution in [1.82, 2.24) is 39.6 Å². The fourth-order valence-corrected chi connectivity index (χ4v) is 5.71. The Morgan fingerprint density at radius 3 is 2.57 bits per heavy atom. The van der Waals surface area contributed by atoms with Crippen molar-refractivity contribution in [3.05, 3.63) is 47.4 Å². The van der Waals surface area contributed by atoms with Gasteiger partial charge in [-0.3, -0.25) is 9.59 Å². The number of anilines is 3. The van der Waals surface area contributed by atoms with Crippen molar-refractivity contribution in [3.8, 4) is 11.3 Å². The van der Waals surface area contributed by atoms with Crippen LogP contribution in [0.25, 0.3) is 43.8 Å². The first-order valence-corrected chi connectivity index (χ1v) is 16.0. The number of nitrogen functional groups attached to an aromatic ring is 2. The highest BCUT2D eigenvalue weighted by Gasteiger charge is 2.22. The van der Waals surface area contributed by atoms with Crippen LogP contribution in [0.3, 0.4) is 0 Å². The van der Waals surface area contributed by atoms with Crippen molar-refractivity contribution < 1.29 is 18.7 Å². The number of Topliss-reactive ketones (excluding diaryl/α,β-unsaturated/α-hetero) is 1. The molecule has 4 N–H and O–H groups in total. The Labute approximate surface area is 280 Å². The molecule has 0 bridgehead atoms. The standard InChI is InChI=1S/C31H36N14O4/c32-28-26-27(20-5-6-24-23(16-20)39-30(33)49-24)41-45(29(26)38-19-37-28)9-3-1-2-4-22(46)7-14-48-15-8-25(47)43-10-12-44(13-11-43)31-35-17-21(18-36-31)40-42-34/h5-6,16-19H,1-4,7-15H2,(H2,33,39)(H2,32,37,38). The summed E-state index contributed by atoms with van der Waals surface area (Å²) in [6.07, 6.45) is 7.79. The summed E-state index contributed by atoms with van der Waals surface area (Å²) in [6.45, 7) is 3.46. The maximum Gasteiger partial charge on any atom is 0.292 e. The van der Waals surface area contributed by atoms with E-state index in [1.165, 1.54) is 18.7 Å². The summed E-state index contributed by atoms with van der Waals surface area (Å²) < 4.78 is 12.8. The Balaban J connectivity index is 0.871. The molecule has 18 nitrogen and oxygen atoms in total. The number of unbranched alkanes of at least 4 members (excludes halogenated alkanes) is 2. The molecule has 0 spiro atoms. The summed E-state index contributed by atoms with van der Waals surface area (Å²) in [5, 5.41) is 8.94. The highest BCUT2D eigenvalue weighted by Crippen LogP contribution is 2.32. The minimum absolute atomic E-state index is 0.0121. The number of amides is 1. The first kappa shape index (κ1) is 33.0. The van der Waals surface area contributed by atoms with Crippen LogP contribution in [0, 0.1) is 0 Å². The lowest BCUT2D eigenvalue weighted by Gasteiger charge is -2.34. The van der Waals surface area contributed by atoms with E-state index in [1.54, 1.807) is 11.0 Å². The highest BCUT2D eigenvalue weighted by atomic mass is 16.5. The predicted octanol–water partition coefficient (Wildman–Crippen LogP) is 3.81. The monoisotopic (exact) mass is 668 g/mol. The largest absolute Gasteiger partial charge is 0.424 e. The number of nitrogens with zero attached hydrogens (tertiary/aromatic N) is 12. The molecule has 0 radical (unpaired) electrons. The Morgan fingerprint density at radius 2 is 1.78 bits per heavy atom. The molecule has 0 unspecified atom stereocenters. The number of rotatable bonds is 15. The van der Waals surface area contributed by atoms with Gasteiger partial charge in [0.2, 0.25) is 11.9 Å². The van der Waals surface area contributed by atoms with Gasteiger partial charge in [0.15, 0.2) is 11.2 Å². The molecular formula is C31H36N14O4. The van der Waals surface area contributed by atoms with E-state index in [-0.39, 0.29) is 30.7 Å². The summed E-state index contributed by atoms with van der Waals surface area (Å²) in [7, 11) is 0. The quantitative estimate of drug-likeness (QED) is 0.0698. The van der Waals surface area contributed by atoms with E-state index < -0.39 is 0 Å². The van der Waals surface area contributed by atoms with Gasteiger partial charge < -0.3 is 30.4 Å². The fraction of sp³-hybridized carbons (Fsp3) is 0.419. The van der Waals surface area contributed by atoms with E-state index in [2.05, 4.69) is 34.9 Å². The second-order valence-electron chi connectivity index (χ2n) is 11.5. The maximum atomic E-state index is 12.6. The number of aromatic nitrogens is 7. The molecule has 6 rings (SSSR count). The molecule has 0 saturated carbocycles. The minimum atomic E-state index is 0.0121. The van der Waals surface area contributed by atoms with Crippen molar-refractivity contribution in [2.24, 2.45) is 5.11 Å². The minimum Gasteiger partial charge on any atom is -0.424 e. The lowest BCUT2D eigenvalue weighted by Crippen LogP contribution is -2.49. The lowest BCUT2D eigenvalue weighted by molar-refractivity contribution is -0.132. The number of carbonyl (C=O) groups is 2. The van der Waals surface area contributed by atoms with E-state index in [0.29, 0.717) is 97.5 Å². The van der Waals surface area contributed by atoms with Crippen LogP contribution in [0.4, 0.5) is 23.5 Å². The normalized spacial score (nSPS) is 13.2. The molecule has 0 atom stereocenters. The molecule has 0 aliphatic carbocycles. The Kier molecular flexibility index (Phi) is 10.4. The Hall–Kier alpha value is -5.87. The topological polar surface area (TPSA) is 246 Å². The molecule has 49 heavy (non-hydrogen) atoms. The number of carbonyl (C=O) groups excluding carboxylic acids is 2. The van der Waals surface area contributed by atoms with Crippen LogP contribution in [-0.2, 0) is 20.9 Å². The van der Waals surface area contributed by atoms with Gasteiger partial charge in [-0.15, -0.1) is 0 Å². The van der Waals surface area contributed by atoms with E-state index >= 15 is 0 Å². The number of oxazole rings is 1. The van der Waals surface area contributed by atoms with Gasteiger partial charge in [-0.25, -0.2) is 24.6 Å². The number of ether oxygens (including phenoxy) is 1. The average molecular weight is 669 g/mol. The number of benzene rings is 1. The molecule has 1 aromatic carbocycles. The van der Waals surface area contributed by atoms with E-state index in [1.807, 2.05) is 21.7 Å². The zero-order chi connectivity index (χ0) is 34.2. The number of azide groups is 1. The number of hydrogen-bond donors (Lipinski definition) is 2. The third kappa shape index (κ3) is 7.99. The molecule has 1 amide bonds. The van der Waals surface area contributed by atoms with Crippen molar-refractivity contribution in [2.75, 3.05) is 55.8 Å². The third-order valence-corrected chi connectivity index (χ3v) is 8.25. The zero-order valence-corrected chi connectivity index (χ0v) is 26.8. The molecule has 5 aromatic rings. The van der Waals surface area contributed by atoms with Gasteiger partial charge in [0.1, 0.15) is 29.1 Å². The fourth-order valence-electron chi connectivity index (χ4n) is 5.71. The lowest BCUT2D eigenvalue weighted by atomic mass is 10.1. The molecular weight excluding hydrogens is 632 g/mol. The van der Waals surface area contributed by atoms with Crippen molar-refractivity contribution in [1.29, 1.82) is 0 Å². The molecule has 5 heterocycles. The molecule has 1 aliphatic heterocycles. The summed E-state index contributed by atoms with van der Waals surface area (Å²) >= 11 is 0. The zero-order valence-electron chi connectivity index (χ0n) is 26.8. The third-order valence-electron chi connectivity index (χ3n) is 8.25. The van der Waals surface area contributed by atoms with Crippen LogP contribution in [0.5, 0.6) is 0 Å². The second-order valence-corrected chi connectivity index (χ2v) is 11.5. The van der Waals surface area contributed by atoms with Crippen molar-refractivity contribution in [3.63, 3.8) is 0 Å². The number of fused-ring (bicyclic) bond motifs is 2. The van der Waals surface area contributed by atoms with Crippen LogP contribution >= 0.6 is 0 Å². The van der Waals surface area contributed by atoms with Crippen LogP contribution in [0.2, 0.25) is 0 Å². The molecule has 254 valence electrons. The predicted molar refractivity (Wildman–Crippen MR) is 180 cm³/mol. The van der Waals surface area contributed by atoms with Crippen molar-refractivity contribution in [2.45, 2.75) is 45.1 Å². The van der Waals surface area contributed by atoms with E-state index in [4.69, 9.17) is 31.3 Å². The van der Waals surface area contributed by atoms with Gasteiger partial charge in [0.05, 0.1) is 30.7 Å². The SMILES string of the molecule is [N-]=[N+]=Nc1cnc(N2CCN(C(=O)CCOCCC(=O)CCCCCn3nc(-c4ccc5oc(N)nc5c4)c4c(N)ncnc43)CC2)nc1. The van der Waals surface area contributed by atoms with Crippen LogP contribution in [0.1, 0.15) is 38.5 Å². The maximum absolute atomic E-state index is 12.6. The number of piperazine rings is 1. The number of hydrogen-bond acceptors (Lipinski definition) is 14. The summed E-state index contributed by atoms with van der Waals surface area (Å²) in [4.78, 5) is 52.8. The molecule has 4 aromatic heterocycles. The summed E-state index contributed by atoms with van der Waals surface area (Å²) in [5.74, 6) is 1.01. The van der Waals surface area contributed by atoms with Gasteiger partial charge in [-0.2, -0.15) is 10.1 Å². The average Bonchev–Trinajstić information content (AvgIpc) is 3.68. The number of ketones is 1. The van der Waals surface area contributed by atoms with Gasteiger partial charge in [0.25, 0.3) is 6.01 Å². The summed E-state index contributed by atoms with van der Waals surface area (Å²) in [5.41, 5.74) is 24.1. The van der Waals surface area contributed by atoms with E-state index in [9.17, 15) is 9.59 Å². The Bertz CT molecular complexity index is 1980. The smallest absolute Gasteiger partial charge is 0.292 e. The first-order chi connectivity index (χ1) is 23.9. The van der Waals surface area contributed by atoms with Crippen LogP contribution in [-0.4, -0.2) is 90.7 Å². The van der Waals surface area contributed by atoms with Crippen molar-refractivity contribution >= 4 is 57.3 Å². The molecule has 1 fully saturated rings. The van der Waals surface area contributed by atoms with Crippen LogP contribution in [0.15, 0.2) is 46.5 Å². The first-order valence-electron chi connectivity index (χ1n) is 16.0. The van der Waals surface area contributed by atoms with Gasteiger partial charge >= 0.3 is 0 Å². The molecule has 1 aliphatic rings. The van der Waals surface area contributed by atoms with Crippen LogP contribution < -0.4 is 16.4 Å². The molecule has 1 saturated heterocycles. The number of nitrogens with two attached hydrogens (primary N) is 2. The van der Waals surface area contributed by atoms with Gasteiger partial charge in [0, 0.05) is 68.4 Å².